The SMILES string of the molecule is C#CCN1C(=O)C2(CC(=O)Nc3c2cnn3-c2ccc(Cl)cc2)c2cc(C)ccc21. The standard InChI is InChI=1S/C23H17ClN4O2/c1-3-10-27-19-9-4-14(2)11-17(19)23(22(27)30)12-20(29)26-21-18(23)13-25-28(21)16-7-5-15(24)6-8-16/h1,4-9,11,13H,10,12H2,2H3,(H,26,29). The zero-order chi connectivity index (χ0) is 21.0. The van der Waals surface area contributed by atoms with Crippen molar-refractivity contribution in [2.24, 2.45) is 0 Å². The van der Waals surface area contributed by atoms with Gasteiger partial charge in [-0.2, -0.15) is 5.10 Å². The van der Waals surface area contributed by atoms with Gasteiger partial charge in [-0.05, 0) is 42.8 Å². The van der Waals surface area contributed by atoms with E-state index in [4.69, 9.17) is 18.0 Å². The van der Waals surface area contributed by atoms with E-state index in [2.05, 4.69) is 16.3 Å². The molecule has 5 rings (SSSR count). The molecule has 2 aliphatic heterocycles. The summed E-state index contributed by atoms with van der Waals surface area (Å²) >= 11 is 6.01. The Hall–Kier alpha value is -3.56. The van der Waals surface area contributed by atoms with Crippen molar-refractivity contribution >= 4 is 34.9 Å². The van der Waals surface area contributed by atoms with Gasteiger partial charge in [-0.1, -0.05) is 35.2 Å². The number of fused-ring (bicyclic) bond motifs is 4. The van der Waals surface area contributed by atoms with E-state index in [1.54, 1.807) is 27.9 Å². The lowest BCUT2D eigenvalue weighted by Crippen LogP contribution is -2.46. The zero-order valence-corrected chi connectivity index (χ0v) is 16.9. The highest BCUT2D eigenvalue weighted by atomic mass is 35.5. The second kappa shape index (κ2) is 6.48. The molecule has 6 nitrogen and oxygen atoms in total. The third-order valence-corrected chi connectivity index (χ3v) is 6.00. The highest BCUT2D eigenvalue weighted by Crippen LogP contribution is 2.52. The van der Waals surface area contributed by atoms with E-state index in [0.717, 1.165) is 22.5 Å². The Morgan fingerprint density at radius 2 is 1.97 bits per heavy atom. The van der Waals surface area contributed by atoms with Crippen LogP contribution in [0.5, 0.6) is 0 Å². The van der Waals surface area contributed by atoms with Crippen LogP contribution in [0.15, 0.2) is 48.7 Å². The number of benzene rings is 2. The molecule has 2 aromatic carbocycles. The molecule has 0 saturated carbocycles. The van der Waals surface area contributed by atoms with E-state index in [0.29, 0.717) is 16.4 Å². The minimum absolute atomic E-state index is 0.00265. The molecule has 1 aromatic heterocycles. The quantitative estimate of drug-likeness (QED) is 0.651. The van der Waals surface area contributed by atoms with Crippen molar-refractivity contribution in [2.75, 3.05) is 16.8 Å². The number of halogens is 1. The van der Waals surface area contributed by atoms with E-state index in [-0.39, 0.29) is 24.8 Å². The molecule has 148 valence electrons. The lowest BCUT2D eigenvalue weighted by atomic mass is 9.71. The van der Waals surface area contributed by atoms with Crippen LogP contribution in [0.25, 0.3) is 5.69 Å². The number of hydrogen-bond acceptors (Lipinski definition) is 3. The van der Waals surface area contributed by atoms with Gasteiger partial charge in [0.15, 0.2) is 0 Å². The summed E-state index contributed by atoms with van der Waals surface area (Å²) in [6.07, 6.45) is 7.20. The second-order valence-corrected chi connectivity index (χ2v) is 7.98. The Morgan fingerprint density at radius 3 is 2.70 bits per heavy atom. The number of terminal acetylenes is 1. The summed E-state index contributed by atoms with van der Waals surface area (Å²) in [6, 6.07) is 12.9. The fourth-order valence-electron chi connectivity index (χ4n) is 4.43. The van der Waals surface area contributed by atoms with Gasteiger partial charge < -0.3 is 5.32 Å². The minimum atomic E-state index is -1.15. The molecule has 30 heavy (non-hydrogen) atoms. The Labute approximate surface area is 178 Å². The van der Waals surface area contributed by atoms with Crippen LogP contribution < -0.4 is 10.2 Å². The molecule has 2 aliphatic rings. The number of amides is 2. The number of hydrogen-bond donors (Lipinski definition) is 1. The molecule has 1 unspecified atom stereocenters. The van der Waals surface area contributed by atoms with Gasteiger partial charge >= 0.3 is 0 Å². The summed E-state index contributed by atoms with van der Waals surface area (Å²) in [5, 5.41) is 8.00. The molecule has 7 heteroatoms. The molecule has 3 aromatic rings. The first kappa shape index (κ1) is 18.5. The van der Waals surface area contributed by atoms with Crippen LogP contribution in [0, 0.1) is 19.3 Å². The maximum absolute atomic E-state index is 13.7. The number of carbonyl (C=O) groups is 2. The number of nitrogens with zero attached hydrogens (tertiary/aromatic N) is 3. The number of rotatable bonds is 2. The maximum Gasteiger partial charge on any atom is 0.243 e. The van der Waals surface area contributed by atoms with Crippen LogP contribution in [0.2, 0.25) is 5.02 Å². The molecule has 0 radical (unpaired) electrons. The van der Waals surface area contributed by atoms with Gasteiger partial charge in [0.25, 0.3) is 0 Å². The van der Waals surface area contributed by atoms with Crippen molar-refractivity contribution in [3.05, 3.63) is 70.4 Å². The minimum Gasteiger partial charge on any atom is -0.310 e. The lowest BCUT2D eigenvalue weighted by molar-refractivity contribution is -0.126. The van der Waals surface area contributed by atoms with Crippen LogP contribution >= 0.6 is 11.6 Å². The van der Waals surface area contributed by atoms with E-state index >= 15 is 0 Å². The molecule has 0 aliphatic carbocycles. The van der Waals surface area contributed by atoms with E-state index < -0.39 is 5.41 Å². The third kappa shape index (κ3) is 2.42. The van der Waals surface area contributed by atoms with Gasteiger partial charge in [-0.3, -0.25) is 14.5 Å². The topological polar surface area (TPSA) is 67.2 Å². The van der Waals surface area contributed by atoms with E-state index in [1.165, 1.54) is 0 Å². The maximum atomic E-state index is 13.7. The predicted molar refractivity (Wildman–Crippen MR) is 115 cm³/mol. The Morgan fingerprint density at radius 1 is 1.20 bits per heavy atom. The average molecular weight is 417 g/mol. The van der Waals surface area contributed by atoms with Crippen LogP contribution in [-0.2, 0) is 15.0 Å². The Bertz CT molecular complexity index is 1260. The monoisotopic (exact) mass is 416 g/mol. The van der Waals surface area contributed by atoms with Gasteiger partial charge in [-0.15, -0.1) is 6.42 Å². The zero-order valence-electron chi connectivity index (χ0n) is 16.1. The van der Waals surface area contributed by atoms with Gasteiger partial charge in [0.05, 0.1) is 18.4 Å². The number of anilines is 2. The molecule has 0 saturated heterocycles. The fraction of sp³-hybridized carbons (Fsp3) is 0.174. The van der Waals surface area contributed by atoms with Crippen molar-refractivity contribution in [3.8, 4) is 18.0 Å². The molecule has 1 atom stereocenters. The first-order valence-electron chi connectivity index (χ1n) is 9.46. The predicted octanol–water partition coefficient (Wildman–Crippen LogP) is 3.44. The van der Waals surface area contributed by atoms with Crippen molar-refractivity contribution < 1.29 is 9.59 Å². The van der Waals surface area contributed by atoms with E-state index in [9.17, 15) is 9.59 Å². The number of nitrogens with one attached hydrogen (secondary N) is 1. The molecule has 3 heterocycles. The average Bonchev–Trinajstić information content (AvgIpc) is 3.23. The Balaban J connectivity index is 1.77. The number of aromatic nitrogens is 2. The summed E-state index contributed by atoms with van der Waals surface area (Å²) in [4.78, 5) is 28.2. The molecular weight excluding hydrogens is 400 g/mol. The molecule has 2 amide bonds. The van der Waals surface area contributed by atoms with Gasteiger partial charge in [0.2, 0.25) is 11.8 Å². The summed E-state index contributed by atoms with van der Waals surface area (Å²) in [6.45, 7) is 2.10. The van der Waals surface area contributed by atoms with Crippen LogP contribution in [0.1, 0.15) is 23.1 Å². The summed E-state index contributed by atoms with van der Waals surface area (Å²) in [7, 11) is 0. The second-order valence-electron chi connectivity index (χ2n) is 7.54. The molecule has 1 N–H and O–H groups in total. The highest BCUT2D eigenvalue weighted by Gasteiger charge is 2.57. The molecule has 0 fully saturated rings. The van der Waals surface area contributed by atoms with Gasteiger partial charge in [-0.25, -0.2) is 4.68 Å². The summed E-state index contributed by atoms with van der Waals surface area (Å²) in [5.41, 5.74) is 2.77. The number of carbonyl (C=O) groups excluding carboxylic acids is 2. The summed E-state index contributed by atoms with van der Waals surface area (Å²) < 4.78 is 1.62. The lowest BCUT2D eigenvalue weighted by Gasteiger charge is -2.32. The molecular formula is C23H17ClN4O2. The van der Waals surface area contributed by atoms with Gasteiger partial charge in [0.1, 0.15) is 11.2 Å². The first-order valence-corrected chi connectivity index (χ1v) is 9.84. The van der Waals surface area contributed by atoms with Crippen molar-refractivity contribution in [1.82, 2.24) is 9.78 Å². The third-order valence-electron chi connectivity index (χ3n) is 5.75. The largest absolute Gasteiger partial charge is 0.310 e. The van der Waals surface area contributed by atoms with Crippen LogP contribution in [0.4, 0.5) is 11.5 Å². The highest BCUT2D eigenvalue weighted by molar-refractivity contribution is 6.30. The molecule has 0 bridgehead atoms. The summed E-state index contributed by atoms with van der Waals surface area (Å²) in [5.74, 6) is 2.59. The van der Waals surface area contributed by atoms with Crippen molar-refractivity contribution in [2.45, 2.75) is 18.8 Å². The van der Waals surface area contributed by atoms with Crippen LogP contribution in [-0.4, -0.2) is 28.1 Å². The Kier molecular flexibility index (Phi) is 3.99. The fourth-order valence-corrected chi connectivity index (χ4v) is 4.56. The number of aryl methyl sites for hydroxylation is 1. The normalized spacial score (nSPS) is 19.4. The van der Waals surface area contributed by atoms with Crippen molar-refractivity contribution in [3.63, 3.8) is 0 Å². The van der Waals surface area contributed by atoms with Crippen molar-refractivity contribution in [1.29, 1.82) is 0 Å². The van der Waals surface area contributed by atoms with Gasteiger partial charge in [0, 0.05) is 22.7 Å². The smallest absolute Gasteiger partial charge is 0.243 e. The molecule has 1 spiro atoms. The first-order chi connectivity index (χ1) is 14.5. The van der Waals surface area contributed by atoms with E-state index in [1.807, 2.05) is 37.3 Å². The van der Waals surface area contributed by atoms with Crippen LogP contribution in [0.3, 0.4) is 0 Å².